The van der Waals surface area contributed by atoms with Gasteiger partial charge in [-0.25, -0.2) is 0 Å². The summed E-state index contributed by atoms with van der Waals surface area (Å²) < 4.78 is 0. The number of nitrogens with zero attached hydrogens (tertiary/aromatic N) is 2. The number of hydrogen-bond donors (Lipinski definition) is 2. The van der Waals surface area contributed by atoms with E-state index in [0.29, 0.717) is 17.8 Å². The predicted octanol–water partition coefficient (Wildman–Crippen LogP) is 4.67. The van der Waals surface area contributed by atoms with Gasteiger partial charge in [-0.1, -0.05) is 50.2 Å². The van der Waals surface area contributed by atoms with Crippen molar-refractivity contribution in [2.75, 3.05) is 9.80 Å². The fraction of sp³-hybridized carbons (Fsp3) is 0.345. The molecule has 0 fully saturated rings. The van der Waals surface area contributed by atoms with Gasteiger partial charge in [0.25, 0.3) is 5.91 Å². The molecule has 0 saturated carbocycles. The number of aryl methyl sites for hydroxylation is 1. The second-order valence-corrected chi connectivity index (χ2v) is 9.60. The molecule has 1 heterocycles. The van der Waals surface area contributed by atoms with Gasteiger partial charge in [-0.15, -0.1) is 0 Å². The Balaban J connectivity index is 1.90. The van der Waals surface area contributed by atoms with E-state index in [4.69, 9.17) is 0 Å². The van der Waals surface area contributed by atoms with Crippen LogP contribution in [0.5, 0.6) is 5.75 Å². The summed E-state index contributed by atoms with van der Waals surface area (Å²) >= 11 is 0. The molecule has 0 saturated heterocycles. The summed E-state index contributed by atoms with van der Waals surface area (Å²) in [5, 5.41) is 15.3. The quantitative estimate of drug-likeness (QED) is 0.547. The molecule has 1 aliphatic heterocycles. The first-order valence-corrected chi connectivity index (χ1v) is 12.4. The van der Waals surface area contributed by atoms with E-state index in [0.717, 1.165) is 21.9 Å². The van der Waals surface area contributed by atoms with Crippen LogP contribution in [0.1, 0.15) is 45.2 Å². The van der Waals surface area contributed by atoms with Crippen molar-refractivity contribution in [2.24, 2.45) is 5.92 Å². The average molecular weight is 488 g/mol. The highest BCUT2D eigenvalue weighted by Gasteiger charge is 2.42. The maximum absolute atomic E-state index is 14.2. The summed E-state index contributed by atoms with van der Waals surface area (Å²) in [7, 11) is 0. The van der Waals surface area contributed by atoms with Crippen molar-refractivity contribution in [1.82, 2.24) is 5.32 Å². The number of carbonyl (C=O) groups is 3. The van der Waals surface area contributed by atoms with Gasteiger partial charge in [0.2, 0.25) is 11.8 Å². The molecule has 0 aliphatic carbocycles. The number of fused-ring (bicyclic) bond motifs is 2. The van der Waals surface area contributed by atoms with Gasteiger partial charge >= 0.3 is 0 Å². The van der Waals surface area contributed by atoms with Gasteiger partial charge in [-0.05, 0) is 54.3 Å². The molecule has 1 aliphatic rings. The van der Waals surface area contributed by atoms with Crippen molar-refractivity contribution in [2.45, 2.75) is 59.7 Å². The van der Waals surface area contributed by atoms with Crippen molar-refractivity contribution in [3.8, 4) is 5.75 Å². The van der Waals surface area contributed by atoms with Crippen molar-refractivity contribution in [3.63, 3.8) is 0 Å². The third kappa shape index (κ3) is 4.53. The van der Waals surface area contributed by atoms with Crippen molar-refractivity contribution >= 4 is 39.9 Å². The van der Waals surface area contributed by atoms with E-state index in [9.17, 15) is 19.5 Å². The molecule has 188 valence electrons. The number of amides is 3. The standard InChI is InChI=1S/C29H33N3O4/c1-6-17(2)28(35)30-27-19(4)32(20(5)33)26-15-22(34)13-14-25(26)31(29(27)36)16-24-18(3)11-12-21-9-7-8-10-23(21)24/h7-15,17,19,27,34H,6,16H2,1-5H3,(H,30,35)/t17-,19+,27?/m1/s1. The molecule has 1 unspecified atom stereocenters. The van der Waals surface area contributed by atoms with Crippen molar-refractivity contribution in [1.29, 1.82) is 0 Å². The maximum atomic E-state index is 14.2. The number of hydrogen-bond acceptors (Lipinski definition) is 4. The average Bonchev–Trinajstić information content (AvgIpc) is 2.93. The molecular formula is C29H33N3O4. The maximum Gasteiger partial charge on any atom is 0.252 e. The lowest BCUT2D eigenvalue weighted by Crippen LogP contribution is -2.58. The van der Waals surface area contributed by atoms with Gasteiger partial charge in [-0.2, -0.15) is 0 Å². The van der Waals surface area contributed by atoms with Crippen LogP contribution in [-0.2, 0) is 20.9 Å². The summed E-state index contributed by atoms with van der Waals surface area (Å²) in [4.78, 5) is 43.1. The third-order valence-electron chi connectivity index (χ3n) is 7.22. The smallest absolute Gasteiger partial charge is 0.252 e. The molecule has 0 spiro atoms. The van der Waals surface area contributed by atoms with E-state index >= 15 is 0 Å². The Morgan fingerprint density at radius 1 is 1.08 bits per heavy atom. The number of phenols is 1. The Bertz CT molecular complexity index is 1340. The lowest BCUT2D eigenvalue weighted by molar-refractivity contribution is -0.130. The minimum Gasteiger partial charge on any atom is -0.508 e. The molecule has 3 aromatic carbocycles. The highest BCUT2D eigenvalue weighted by atomic mass is 16.3. The Hall–Kier alpha value is -3.87. The van der Waals surface area contributed by atoms with Crippen molar-refractivity contribution < 1.29 is 19.5 Å². The number of phenolic OH excluding ortho intramolecular Hbond substituents is 1. The highest BCUT2D eigenvalue weighted by molar-refractivity contribution is 6.09. The number of nitrogens with one attached hydrogen (secondary N) is 1. The summed E-state index contributed by atoms with van der Waals surface area (Å²) in [6, 6.07) is 15.1. The summed E-state index contributed by atoms with van der Waals surface area (Å²) in [6.07, 6.45) is 0.630. The van der Waals surface area contributed by atoms with Crippen LogP contribution in [-0.4, -0.2) is 34.9 Å². The van der Waals surface area contributed by atoms with Gasteiger partial charge in [0.1, 0.15) is 11.8 Å². The second-order valence-electron chi connectivity index (χ2n) is 9.60. The van der Waals surface area contributed by atoms with E-state index in [1.165, 1.54) is 24.0 Å². The molecule has 0 aromatic heterocycles. The van der Waals surface area contributed by atoms with Gasteiger partial charge in [0, 0.05) is 18.9 Å². The van der Waals surface area contributed by atoms with Gasteiger partial charge < -0.3 is 20.2 Å². The van der Waals surface area contributed by atoms with Gasteiger partial charge in [-0.3, -0.25) is 14.4 Å². The molecule has 0 bridgehead atoms. The van der Waals surface area contributed by atoms with Crippen molar-refractivity contribution in [3.05, 3.63) is 65.7 Å². The summed E-state index contributed by atoms with van der Waals surface area (Å²) in [5.74, 6) is -1.11. The van der Waals surface area contributed by atoms with Crippen LogP contribution in [0.4, 0.5) is 11.4 Å². The topological polar surface area (TPSA) is 89.9 Å². The molecule has 2 N–H and O–H groups in total. The number of anilines is 2. The minimum absolute atomic E-state index is 0.0111. The van der Waals surface area contributed by atoms with E-state index < -0.39 is 12.1 Å². The molecule has 4 rings (SSSR count). The van der Waals surface area contributed by atoms with Crippen LogP contribution in [0.15, 0.2) is 54.6 Å². The fourth-order valence-electron chi connectivity index (χ4n) is 4.89. The van der Waals surface area contributed by atoms with Gasteiger partial charge in [0.15, 0.2) is 0 Å². The molecule has 3 aromatic rings. The molecule has 3 amide bonds. The van der Waals surface area contributed by atoms with Gasteiger partial charge in [0.05, 0.1) is 24.0 Å². The lowest BCUT2D eigenvalue weighted by atomic mass is 9.98. The first-order valence-electron chi connectivity index (χ1n) is 12.4. The lowest BCUT2D eigenvalue weighted by Gasteiger charge is -2.32. The molecule has 7 heteroatoms. The number of rotatable bonds is 5. The van der Waals surface area contributed by atoms with Crippen LogP contribution in [0, 0.1) is 12.8 Å². The minimum atomic E-state index is -0.958. The van der Waals surface area contributed by atoms with Crippen LogP contribution in [0.2, 0.25) is 0 Å². The van der Waals surface area contributed by atoms with Crippen LogP contribution < -0.4 is 15.1 Å². The summed E-state index contributed by atoms with van der Waals surface area (Å²) in [6.45, 7) is 9.16. The summed E-state index contributed by atoms with van der Waals surface area (Å²) in [5.41, 5.74) is 2.95. The van der Waals surface area contributed by atoms with Crippen LogP contribution in [0.25, 0.3) is 10.8 Å². The molecule has 0 radical (unpaired) electrons. The Kier molecular flexibility index (Phi) is 7.02. The molecule has 7 nitrogen and oxygen atoms in total. The first-order chi connectivity index (χ1) is 17.1. The number of carbonyl (C=O) groups excluding carboxylic acids is 3. The normalized spacial score (nSPS) is 18.5. The second kappa shape index (κ2) is 10.0. The largest absolute Gasteiger partial charge is 0.508 e. The zero-order valence-corrected chi connectivity index (χ0v) is 21.4. The zero-order valence-electron chi connectivity index (χ0n) is 21.4. The Morgan fingerprint density at radius 2 is 1.81 bits per heavy atom. The van der Waals surface area contributed by atoms with E-state index in [1.54, 1.807) is 17.9 Å². The fourth-order valence-corrected chi connectivity index (χ4v) is 4.89. The Morgan fingerprint density at radius 3 is 2.50 bits per heavy atom. The first kappa shape index (κ1) is 25.2. The molecule has 36 heavy (non-hydrogen) atoms. The van der Waals surface area contributed by atoms with Crippen LogP contribution in [0.3, 0.4) is 0 Å². The number of benzene rings is 3. The SMILES string of the molecule is CC[C@@H](C)C(=O)NC1C(=O)N(Cc2c(C)ccc3ccccc23)c2ccc(O)cc2N(C(C)=O)[C@H]1C. The predicted molar refractivity (Wildman–Crippen MR) is 142 cm³/mol. The molecule has 3 atom stereocenters. The van der Waals surface area contributed by atoms with Crippen LogP contribution >= 0.6 is 0 Å². The van der Waals surface area contributed by atoms with E-state index in [-0.39, 0.29) is 35.9 Å². The zero-order chi connectivity index (χ0) is 26.1. The number of aromatic hydroxyl groups is 1. The third-order valence-corrected chi connectivity index (χ3v) is 7.22. The molecular weight excluding hydrogens is 454 g/mol. The Labute approximate surface area is 211 Å². The van der Waals surface area contributed by atoms with E-state index in [1.807, 2.05) is 51.1 Å². The monoisotopic (exact) mass is 487 g/mol. The van der Waals surface area contributed by atoms with E-state index in [2.05, 4.69) is 11.4 Å². The highest BCUT2D eigenvalue weighted by Crippen LogP contribution is 2.39.